The van der Waals surface area contributed by atoms with Crippen LogP contribution in [0.1, 0.15) is 30.3 Å². The van der Waals surface area contributed by atoms with Gasteiger partial charge in [0.1, 0.15) is 5.75 Å². The number of hydrogen-bond acceptors (Lipinski definition) is 3. The van der Waals surface area contributed by atoms with Crippen LogP contribution >= 0.6 is 0 Å². The number of benzene rings is 1. The second-order valence-electron chi connectivity index (χ2n) is 5.57. The number of para-hydroxylation sites is 1. The molecule has 0 fully saturated rings. The highest BCUT2D eigenvalue weighted by molar-refractivity contribution is 5.46. The van der Waals surface area contributed by atoms with Crippen LogP contribution in [0.4, 0.5) is 0 Å². The highest BCUT2D eigenvalue weighted by Gasteiger charge is 2.39. The Labute approximate surface area is 125 Å². The minimum atomic E-state index is -0.520. The van der Waals surface area contributed by atoms with Gasteiger partial charge in [0.15, 0.2) is 0 Å². The number of aromatic nitrogens is 2. The van der Waals surface area contributed by atoms with Gasteiger partial charge < -0.3 is 4.74 Å². The molecule has 1 aliphatic rings. The molecule has 1 aromatic heterocycles. The van der Waals surface area contributed by atoms with Crippen molar-refractivity contribution in [1.29, 1.82) is 5.26 Å². The number of fused-ring (bicyclic) bond motifs is 1. The van der Waals surface area contributed by atoms with Crippen molar-refractivity contribution in [1.82, 2.24) is 9.78 Å². The number of hydrogen-bond donors (Lipinski definition) is 0. The number of aryl methyl sites for hydroxylation is 2. The maximum Gasteiger partial charge on any atom is 0.124 e. The Hall–Kier alpha value is -2.28. The summed E-state index contributed by atoms with van der Waals surface area (Å²) in [6, 6.07) is 12.5. The second kappa shape index (κ2) is 5.25. The van der Waals surface area contributed by atoms with Crippen molar-refractivity contribution >= 4 is 0 Å². The third kappa shape index (κ3) is 2.29. The molecule has 0 aliphatic carbocycles. The van der Waals surface area contributed by atoms with Gasteiger partial charge in [0, 0.05) is 31.1 Å². The minimum Gasteiger partial charge on any atom is -0.493 e. The van der Waals surface area contributed by atoms with Crippen LogP contribution in [0.25, 0.3) is 0 Å². The van der Waals surface area contributed by atoms with Crippen molar-refractivity contribution in [2.24, 2.45) is 7.05 Å². The average Bonchev–Trinajstić information content (AvgIpc) is 2.87. The monoisotopic (exact) mass is 281 g/mol. The summed E-state index contributed by atoms with van der Waals surface area (Å²) in [4.78, 5) is 0. The van der Waals surface area contributed by atoms with E-state index in [9.17, 15) is 5.26 Å². The summed E-state index contributed by atoms with van der Waals surface area (Å²) < 4.78 is 7.60. The van der Waals surface area contributed by atoms with E-state index in [-0.39, 0.29) is 0 Å². The van der Waals surface area contributed by atoms with E-state index in [0.717, 1.165) is 29.1 Å². The summed E-state index contributed by atoms with van der Waals surface area (Å²) in [7, 11) is 1.95. The lowest BCUT2D eigenvalue weighted by Crippen LogP contribution is -2.34. The molecule has 2 heterocycles. The van der Waals surface area contributed by atoms with Crippen molar-refractivity contribution in [2.75, 3.05) is 6.61 Å². The van der Waals surface area contributed by atoms with Gasteiger partial charge in [-0.1, -0.05) is 25.1 Å². The Bertz CT molecular complexity index is 698. The lowest BCUT2D eigenvalue weighted by molar-refractivity contribution is 0.240. The fraction of sp³-hybridized carbons (Fsp3) is 0.412. The van der Waals surface area contributed by atoms with Gasteiger partial charge in [-0.05, 0) is 18.6 Å². The lowest BCUT2D eigenvalue weighted by Gasteiger charge is -2.33. The van der Waals surface area contributed by atoms with Crippen molar-refractivity contribution in [3.63, 3.8) is 0 Å². The van der Waals surface area contributed by atoms with Gasteiger partial charge >= 0.3 is 0 Å². The molecule has 4 heteroatoms. The number of rotatable bonds is 3. The predicted molar refractivity (Wildman–Crippen MR) is 80.1 cm³/mol. The van der Waals surface area contributed by atoms with Gasteiger partial charge in [-0.25, -0.2) is 0 Å². The maximum absolute atomic E-state index is 9.87. The quantitative estimate of drug-likeness (QED) is 0.869. The maximum atomic E-state index is 9.87. The third-order valence-electron chi connectivity index (χ3n) is 4.28. The molecule has 0 amide bonds. The number of nitrogens with zero attached hydrogens (tertiary/aromatic N) is 3. The van der Waals surface area contributed by atoms with Crippen molar-refractivity contribution in [3.05, 3.63) is 47.3 Å². The van der Waals surface area contributed by atoms with Gasteiger partial charge in [0.2, 0.25) is 0 Å². The first-order chi connectivity index (χ1) is 10.2. The molecule has 1 aromatic carbocycles. The topological polar surface area (TPSA) is 50.8 Å². The average molecular weight is 281 g/mol. The van der Waals surface area contributed by atoms with Crippen molar-refractivity contribution < 1.29 is 4.74 Å². The first kappa shape index (κ1) is 13.7. The van der Waals surface area contributed by atoms with Gasteiger partial charge in [-0.2, -0.15) is 10.4 Å². The van der Waals surface area contributed by atoms with Gasteiger partial charge in [-0.3, -0.25) is 4.68 Å². The SMILES string of the molecule is CCc1cc(CC2(C#N)CCOc3ccccc32)n(C)n1. The van der Waals surface area contributed by atoms with Crippen LogP contribution in [0.3, 0.4) is 0 Å². The Balaban J connectivity index is 2.02. The predicted octanol–water partition coefficient (Wildman–Crippen LogP) is 2.77. The van der Waals surface area contributed by atoms with Crippen LogP contribution in [-0.2, 0) is 25.3 Å². The highest BCUT2D eigenvalue weighted by Crippen LogP contribution is 2.40. The molecule has 1 atom stereocenters. The largest absolute Gasteiger partial charge is 0.493 e. The second-order valence-corrected chi connectivity index (χ2v) is 5.57. The molecule has 0 N–H and O–H groups in total. The normalized spacial score (nSPS) is 20.4. The van der Waals surface area contributed by atoms with Crippen LogP contribution in [0.15, 0.2) is 30.3 Å². The standard InChI is InChI=1S/C17H19N3O/c1-3-13-10-14(20(2)19-13)11-17(12-18)8-9-21-16-7-5-4-6-15(16)17/h4-7,10H,3,8-9,11H2,1-2H3. The summed E-state index contributed by atoms with van der Waals surface area (Å²) in [6.45, 7) is 2.68. The molecule has 1 unspecified atom stereocenters. The smallest absolute Gasteiger partial charge is 0.124 e. The first-order valence-electron chi connectivity index (χ1n) is 7.34. The fourth-order valence-corrected chi connectivity index (χ4v) is 3.02. The van der Waals surface area contributed by atoms with Crippen LogP contribution in [0.5, 0.6) is 5.75 Å². The summed E-state index contributed by atoms with van der Waals surface area (Å²) >= 11 is 0. The van der Waals surface area contributed by atoms with E-state index < -0.39 is 5.41 Å². The summed E-state index contributed by atoms with van der Waals surface area (Å²) in [5.41, 5.74) is 2.65. The molecule has 0 saturated heterocycles. The molecule has 0 bridgehead atoms. The molecule has 0 spiro atoms. The van der Waals surface area contributed by atoms with Gasteiger partial charge in [0.05, 0.1) is 23.8 Å². The zero-order valence-electron chi connectivity index (χ0n) is 12.5. The molecule has 0 saturated carbocycles. The van der Waals surface area contributed by atoms with E-state index in [0.29, 0.717) is 19.4 Å². The van der Waals surface area contributed by atoms with E-state index in [1.165, 1.54) is 0 Å². The molecule has 1 aliphatic heterocycles. The summed E-state index contributed by atoms with van der Waals surface area (Å²) in [6.07, 6.45) is 2.30. The molecule has 4 nitrogen and oxygen atoms in total. The van der Waals surface area contributed by atoms with Gasteiger partial charge in [0.25, 0.3) is 0 Å². The number of nitriles is 1. The van der Waals surface area contributed by atoms with E-state index in [1.807, 2.05) is 36.0 Å². The van der Waals surface area contributed by atoms with E-state index in [1.54, 1.807) is 0 Å². The minimum absolute atomic E-state index is 0.520. The molecular weight excluding hydrogens is 262 g/mol. The zero-order valence-corrected chi connectivity index (χ0v) is 12.5. The molecule has 2 aromatic rings. The lowest BCUT2D eigenvalue weighted by atomic mass is 9.74. The summed E-state index contributed by atoms with van der Waals surface area (Å²) in [5.74, 6) is 0.836. The van der Waals surface area contributed by atoms with E-state index >= 15 is 0 Å². The summed E-state index contributed by atoms with van der Waals surface area (Å²) in [5, 5.41) is 14.4. The number of ether oxygens (including phenoxy) is 1. The van der Waals surface area contributed by atoms with Crippen LogP contribution in [0.2, 0.25) is 0 Å². The molecular formula is C17H19N3O. The Morgan fingerprint density at radius 2 is 2.24 bits per heavy atom. The molecule has 0 radical (unpaired) electrons. The Kier molecular flexibility index (Phi) is 3.42. The fourth-order valence-electron chi connectivity index (χ4n) is 3.02. The van der Waals surface area contributed by atoms with Crippen LogP contribution in [0, 0.1) is 11.3 Å². The first-order valence-corrected chi connectivity index (χ1v) is 7.34. The Morgan fingerprint density at radius 1 is 1.43 bits per heavy atom. The van der Waals surface area contributed by atoms with Crippen molar-refractivity contribution in [2.45, 2.75) is 31.6 Å². The van der Waals surface area contributed by atoms with Crippen molar-refractivity contribution in [3.8, 4) is 11.8 Å². The molecule has 21 heavy (non-hydrogen) atoms. The van der Waals surface area contributed by atoms with E-state index in [4.69, 9.17) is 4.74 Å². The molecule has 3 rings (SSSR count). The highest BCUT2D eigenvalue weighted by atomic mass is 16.5. The van der Waals surface area contributed by atoms with Crippen LogP contribution < -0.4 is 4.74 Å². The zero-order chi connectivity index (χ0) is 14.9. The Morgan fingerprint density at radius 3 is 2.95 bits per heavy atom. The van der Waals surface area contributed by atoms with Crippen LogP contribution in [-0.4, -0.2) is 16.4 Å². The van der Waals surface area contributed by atoms with Gasteiger partial charge in [-0.15, -0.1) is 0 Å². The molecule has 108 valence electrons. The third-order valence-corrected chi connectivity index (χ3v) is 4.28. The van der Waals surface area contributed by atoms with E-state index in [2.05, 4.69) is 24.2 Å².